The molecule has 0 atom stereocenters. The quantitative estimate of drug-likeness (QED) is 0.808. The lowest BCUT2D eigenvalue weighted by molar-refractivity contribution is -0.121. The lowest BCUT2D eigenvalue weighted by Gasteiger charge is -2.24. The highest BCUT2D eigenvalue weighted by Gasteiger charge is 2.17. The summed E-state index contributed by atoms with van der Waals surface area (Å²) in [5.41, 5.74) is 5.88. The van der Waals surface area contributed by atoms with Crippen molar-refractivity contribution in [3.63, 3.8) is 0 Å². The molecule has 0 aliphatic heterocycles. The first-order chi connectivity index (χ1) is 7.43. The van der Waals surface area contributed by atoms with Gasteiger partial charge in [-0.1, -0.05) is 12.1 Å². The first-order valence-corrected chi connectivity index (χ1v) is 5.18. The molecule has 1 rings (SSSR count). The van der Waals surface area contributed by atoms with E-state index in [9.17, 15) is 9.18 Å². The van der Waals surface area contributed by atoms with Crippen molar-refractivity contribution in [1.82, 2.24) is 5.32 Å². The number of hydrogen-bond donors (Lipinski definition) is 2. The normalized spacial score (nSPS) is 11.2. The Balaban J connectivity index is 2.55. The molecule has 0 heterocycles. The number of halogens is 1. The van der Waals surface area contributed by atoms with Gasteiger partial charge in [-0.15, -0.1) is 0 Å². The topological polar surface area (TPSA) is 55.1 Å². The van der Waals surface area contributed by atoms with Crippen LogP contribution in [0, 0.1) is 5.82 Å². The molecule has 0 unspecified atom stereocenters. The maximum Gasteiger partial charge on any atom is 0.224 e. The molecule has 3 N–H and O–H groups in total. The third kappa shape index (κ3) is 3.98. The van der Waals surface area contributed by atoms with E-state index in [0.29, 0.717) is 6.54 Å². The zero-order chi connectivity index (χ0) is 12.2. The zero-order valence-corrected chi connectivity index (χ0v) is 9.59. The Hall–Kier alpha value is -1.42. The van der Waals surface area contributed by atoms with Crippen molar-refractivity contribution in [2.24, 2.45) is 5.73 Å². The molecular formula is C12H17FN2O. The van der Waals surface area contributed by atoms with Crippen LogP contribution in [0.2, 0.25) is 0 Å². The van der Waals surface area contributed by atoms with Crippen LogP contribution in [-0.2, 0) is 11.2 Å². The first-order valence-electron chi connectivity index (χ1n) is 5.18. The van der Waals surface area contributed by atoms with E-state index in [1.807, 2.05) is 13.8 Å². The third-order valence-corrected chi connectivity index (χ3v) is 2.27. The van der Waals surface area contributed by atoms with Crippen LogP contribution in [0.4, 0.5) is 4.39 Å². The van der Waals surface area contributed by atoms with Crippen molar-refractivity contribution >= 4 is 5.91 Å². The lowest BCUT2D eigenvalue weighted by Crippen LogP contribution is -2.49. The summed E-state index contributed by atoms with van der Waals surface area (Å²) in [5, 5.41) is 2.81. The summed E-state index contributed by atoms with van der Waals surface area (Å²) in [6, 6.07) is 5.89. The Bertz CT molecular complexity index is 360. The molecule has 0 aliphatic carbocycles. The summed E-state index contributed by atoms with van der Waals surface area (Å²) in [6.07, 6.45) is 0.240. The van der Waals surface area contributed by atoms with Crippen LogP contribution < -0.4 is 11.1 Å². The van der Waals surface area contributed by atoms with E-state index >= 15 is 0 Å². The standard InChI is InChI=1S/C12H17FN2O/c1-12(2,8-14)15-11(16)7-9-3-5-10(13)6-4-9/h3-6H,7-8,14H2,1-2H3,(H,15,16). The average molecular weight is 224 g/mol. The Morgan fingerprint density at radius 1 is 1.38 bits per heavy atom. The molecule has 0 spiro atoms. The van der Waals surface area contributed by atoms with Crippen LogP contribution in [0.1, 0.15) is 19.4 Å². The van der Waals surface area contributed by atoms with Crippen molar-refractivity contribution in [2.75, 3.05) is 6.54 Å². The van der Waals surface area contributed by atoms with Crippen LogP contribution in [0.15, 0.2) is 24.3 Å². The second kappa shape index (κ2) is 5.07. The van der Waals surface area contributed by atoms with Gasteiger partial charge < -0.3 is 11.1 Å². The van der Waals surface area contributed by atoms with Gasteiger partial charge in [0.15, 0.2) is 0 Å². The minimum atomic E-state index is -0.406. The third-order valence-electron chi connectivity index (χ3n) is 2.27. The Kier molecular flexibility index (Phi) is 4.01. The predicted octanol–water partition coefficient (Wildman–Crippen LogP) is 1.22. The van der Waals surface area contributed by atoms with Gasteiger partial charge in [-0.05, 0) is 31.5 Å². The Morgan fingerprint density at radius 2 is 1.94 bits per heavy atom. The van der Waals surface area contributed by atoms with E-state index in [0.717, 1.165) is 5.56 Å². The van der Waals surface area contributed by atoms with Crippen LogP contribution in [-0.4, -0.2) is 18.0 Å². The van der Waals surface area contributed by atoms with Crippen LogP contribution >= 0.6 is 0 Å². The van der Waals surface area contributed by atoms with E-state index in [4.69, 9.17) is 5.73 Å². The molecule has 4 heteroatoms. The van der Waals surface area contributed by atoms with E-state index in [1.165, 1.54) is 12.1 Å². The van der Waals surface area contributed by atoms with Gasteiger partial charge in [-0.3, -0.25) is 4.79 Å². The summed E-state index contributed by atoms with van der Waals surface area (Å²) in [5.74, 6) is -0.409. The highest BCUT2D eigenvalue weighted by molar-refractivity contribution is 5.79. The van der Waals surface area contributed by atoms with Crippen molar-refractivity contribution in [2.45, 2.75) is 25.8 Å². The molecule has 0 fully saturated rings. The molecule has 88 valence electrons. The van der Waals surface area contributed by atoms with Crippen molar-refractivity contribution in [3.05, 3.63) is 35.6 Å². The number of carbonyl (C=O) groups is 1. The molecule has 1 aromatic carbocycles. The SMILES string of the molecule is CC(C)(CN)NC(=O)Cc1ccc(F)cc1. The highest BCUT2D eigenvalue weighted by Crippen LogP contribution is 2.05. The minimum Gasteiger partial charge on any atom is -0.350 e. The van der Waals surface area contributed by atoms with Gasteiger partial charge in [-0.25, -0.2) is 4.39 Å². The Labute approximate surface area is 94.8 Å². The summed E-state index contributed by atoms with van der Waals surface area (Å²) in [4.78, 5) is 11.6. The zero-order valence-electron chi connectivity index (χ0n) is 9.59. The highest BCUT2D eigenvalue weighted by atomic mass is 19.1. The molecule has 1 aromatic rings. The number of carbonyl (C=O) groups excluding carboxylic acids is 1. The van der Waals surface area contributed by atoms with Gasteiger partial charge in [0.1, 0.15) is 5.82 Å². The molecule has 0 saturated carbocycles. The largest absolute Gasteiger partial charge is 0.350 e. The van der Waals surface area contributed by atoms with Gasteiger partial charge in [0.2, 0.25) is 5.91 Å². The fourth-order valence-corrected chi connectivity index (χ4v) is 1.26. The van der Waals surface area contributed by atoms with Gasteiger partial charge in [0, 0.05) is 12.1 Å². The first kappa shape index (κ1) is 12.6. The number of hydrogen-bond acceptors (Lipinski definition) is 2. The van der Waals surface area contributed by atoms with Crippen LogP contribution in [0.3, 0.4) is 0 Å². The molecule has 0 saturated heterocycles. The summed E-state index contributed by atoms with van der Waals surface area (Å²) < 4.78 is 12.6. The van der Waals surface area contributed by atoms with Gasteiger partial charge in [0.25, 0.3) is 0 Å². The molecule has 16 heavy (non-hydrogen) atoms. The Morgan fingerprint density at radius 3 is 2.44 bits per heavy atom. The van der Waals surface area contributed by atoms with E-state index < -0.39 is 5.54 Å². The number of rotatable bonds is 4. The fraction of sp³-hybridized carbons (Fsp3) is 0.417. The number of amides is 1. The van der Waals surface area contributed by atoms with E-state index in [2.05, 4.69) is 5.32 Å². The number of benzene rings is 1. The van der Waals surface area contributed by atoms with Crippen molar-refractivity contribution < 1.29 is 9.18 Å². The second-order valence-corrected chi connectivity index (χ2v) is 4.44. The van der Waals surface area contributed by atoms with Gasteiger partial charge >= 0.3 is 0 Å². The maximum atomic E-state index is 12.6. The van der Waals surface area contributed by atoms with Gasteiger partial charge in [-0.2, -0.15) is 0 Å². The maximum absolute atomic E-state index is 12.6. The van der Waals surface area contributed by atoms with E-state index in [-0.39, 0.29) is 18.1 Å². The molecule has 0 aliphatic rings. The molecular weight excluding hydrogens is 207 g/mol. The molecule has 0 radical (unpaired) electrons. The van der Waals surface area contributed by atoms with Crippen molar-refractivity contribution in [1.29, 1.82) is 0 Å². The average Bonchev–Trinajstić information content (AvgIpc) is 2.21. The fourth-order valence-electron chi connectivity index (χ4n) is 1.26. The number of nitrogens with one attached hydrogen (secondary N) is 1. The minimum absolute atomic E-state index is 0.109. The summed E-state index contributed by atoms with van der Waals surface area (Å²) in [7, 11) is 0. The molecule has 1 amide bonds. The molecule has 0 aromatic heterocycles. The summed E-state index contributed by atoms with van der Waals surface area (Å²) >= 11 is 0. The lowest BCUT2D eigenvalue weighted by atomic mass is 10.1. The molecule has 3 nitrogen and oxygen atoms in total. The number of nitrogens with two attached hydrogens (primary N) is 1. The monoisotopic (exact) mass is 224 g/mol. The summed E-state index contributed by atoms with van der Waals surface area (Å²) in [6.45, 7) is 4.09. The van der Waals surface area contributed by atoms with Crippen LogP contribution in [0.5, 0.6) is 0 Å². The second-order valence-electron chi connectivity index (χ2n) is 4.44. The van der Waals surface area contributed by atoms with Crippen LogP contribution in [0.25, 0.3) is 0 Å². The van der Waals surface area contributed by atoms with Crippen molar-refractivity contribution in [3.8, 4) is 0 Å². The van der Waals surface area contributed by atoms with Gasteiger partial charge in [0.05, 0.1) is 6.42 Å². The predicted molar refractivity (Wildman–Crippen MR) is 61.4 cm³/mol. The molecule has 0 bridgehead atoms. The van der Waals surface area contributed by atoms with E-state index in [1.54, 1.807) is 12.1 Å². The smallest absolute Gasteiger partial charge is 0.224 e.